The molecule has 1 N–H and O–H groups in total. The molecule has 0 amide bonds. The fourth-order valence-electron chi connectivity index (χ4n) is 6.15. The number of hydrogen-bond acceptors (Lipinski definition) is 5. The fraction of sp³-hybridized carbons (Fsp3) is 0.720. The molecule has 1 aromatic rings. The van der Waals surface area contributed by atoms with Crippen LogP contribution in [0.4, 0.5) is 17.6 Å². The maximum atomic E-state index is 14.4. The maximum absolute atomic E-state index is 14.4. The Bertz CT molecular complexity index is 917. The molecule has 1 spiro atoms. The van der Waals surface area contributed by atoms with Crippen LogP contribution in [0, 0.1) is 17.2 Å². The second-order valence-electron chi connectivity index (χ2n) is 10.5. The number of nitrogens with zero attached hydrogens (tertiary/aromatic N) is 3. The number of hydrazine groups is 1. The molecule has 1 aliphatic carbocycles. The van der Waals surface area contributed by atoms with Gasteiger partial charge in [0.1, 0.15) is 5.82 Å². The Kier molecular flexibility index (Phi) is 6.63. The van der Waals surface area contributed by atoms with Crippen molar-refractivity contribution in [2.75, 3.05) is 39.4 Å². The first-order valence-corrected chi connectivity index (χ1v) is 12.5. The quantitative estimate of drug-likeness (QED) is 0.448. The van der Waals surface area contributed by atoms with Crippen molar-refractivity contribution < 1.29 is 22.3 Å². The molecule has 5 rings (SSSR count). The summed E-state index contributed by atoms with van der Waals surface area (Å²) in [7, 11) is 0. The first-order chi connectivity index (χ1) is 16.3. The van der Waals surface area contributed by atoms with Gasteiger partial charge in [0, 0.05) is 32.2 Å². The van der Waals surface area contributed by atoms with Crippen LogP contribution >= 0.6 is 0 Å². The van der Waals surface area contributed by atoms with Gasteiger partial charge in [-0.3, -0.25) is 0 Å². The summed E-state index contributed by atoms with van der Waals surface area (Å²) in [4.78, 5) is 2.44. The van der Waals surface area contributed by atoms with Crippen molar-refractivity contribution in [3.63, 3.8) is 0 Å². The summed E-state index contributed by atoms with van der Waals surface area (Å²) in [6, 6.07) is 3.32. The van der Waals surface area contributed by atoms with Gasteiger partial charge in [-0.25, -0.2) is 9.93 Å². The van der Waals surface area contributed by atoms with Gasteiger partial charge in [-0.05, 0) is 87.6 Å². The highest BCUT2D eigenvalue weighted by Crippen LogP contribution is 2.64. The highest BCUT2D eigenvalue weighted by atomic mass is 19.4. The zero-order valence-corrected chi connectivity index (χ0v) is 19.7. The molecule has 5 nitrogen and oxygen atoms in total. The number of rotatable bonds is 7. The topological polar surface area (TPSA) is 40.1 Å². The molecule has 2 saturated heterocycles. The first kappa shape index (κ1) is 24.0. The molecule has 1 saturated carbocycles. The van der Waals surface area contributed by atoms with Gasteiger partial charge >= 0.3 is 6.18 Å². The van der Waals surface area contributed by atoms with Gasteiger partial charge in [0.05, 0.1) is 17.3 Å². The highest BCUT2D eigenvalue weighted by molar-refractivity contribution is 5.92. The summed E-state index contributed by atoms with van der Waals surface area (Å²) < 4.78 is 58.4. The molecule has 9 heteroatoms. The minimum absolute atomic E-state index is 0.0372. The van der Waals surface area contributed by atoms with E-state index in [0.717, 1.165) is 84.0 Å². The standard InChI is InChI=1S/C25H34F4N4O/c1-17-23(18-6-12-34-13-7-18)30-31-33(17)10-3-2-9-32-11-8-24(16-32)15-21(24)20-5-4-19(14-22(20)26)25(27,28)29/h4-5,14,17-18,21,31H,2-3,6-13,15-16H2,1H3/t17?,21-,24+/m0/s1. The molecule has 0 bridgehead atoms. The summed E-state index contributed by atoms with van der Waals surface area (Å²) in [6.45, 7) is 7.68. The summed E-state index contributed by atoms with van der Waals surface area (Å²) in [5.74, 6) is -0.164. The van der Waals surface area contributed by atoms with Crippen molar-refractivity contribution in [1.82, 2.24) is 15.4 Å². The number of nitrogens with one attached hydrogen (secondary N) is 1. The van der Waals surface area contributed by atoms with E-state index in [2.05, 4.69) is 27.5 Å². The molecule has 3 fully saturated rings. The molecule has 34 heavy (non-hydrogen) atoms. The Morgan fingerprint density at radius 1 is 1.18 bits per heavy atom. The largest absolute Gasteiger partial charge is 0.416 e. The lowest BCUT2D eigenvalue weighted by molar-refractivity contribution is -0.137. The van der Waals surface area contributed by atoms with Crippen LogP contribution in [-0.2, 0) is 10.9 Å². The van der Waals surface area contributed by atoms with E-state index in [-0.39, 0.29) is 11.3 Å². The second kappa shape index (κ2) is 9.39. The van der Waals surface area contributed by atoms with Gasteiger partial charge in [-0.1, -0.05) is 6.07 Å². The van der Waals surface area contributed by atoms with Gasteiger partial charge in [-0.15, -0.1) is 0 Å². The average molecular weight is 483 g/mol. The lowest BCUT2D eigenvalue weighted by atomic mass is 9.91. The molecule has 1 aromatic carbocycles. The van der Waals surface area contributed by atoms with E-state index in [4.69, 9.17) is 4.74 Å². The molecule has 188 valence electrons. The molecular formula is C25H34F4N4O. The average Bonchev–Trinajstić information content (AvgIpc) is 3.14. The van der Waals surface area contributed by atoms with Gasteiger partial charge in [0.2, 0.25) is 0 Å². The van der Waals surface area contributed by atoms with Crippen molar-refractivity contribution in [3.05, 3.63) is 35.1 Å². The zero-order chi connectivity index (χ0) is 23.9. The van der Waals surface area contributed by atoms with Crippen molar-refractivity contribution in [2.45, 2.75) is 63.6 Å². The van der Waals surface area contributed by atoms with Crippen molar-refractivity contribution >= 4 is 5.71 Å². The number of halogens is 4. The Morgan fingerprint density at radius 3 is 2.68 bits per heavy atom. The van der Waals surface area contributed by atoms with E-state index in [0.29, 0.717) is 23.6 Å². The highest BCUT2D eigenvalue weighted by Gasteiger charge is 2.58. The summed E-state index contributed by atoms with van der Waals surface area (Å²) >= 11 is 0. The predicted molar refractivity (Wildman–Crippen MR) is 122 cm³/mol. The van der Waals surface area contributed by atoms with Crippen molar-refractivity contribution in [2.24, 2.45) is 16.4 Å². The Labute approximate surface area is 198 Å². The molecule has 3 aliphatic heterocycles. The van der Waals surface area contributed by atoms with Gasteiger partial charge in [-0.2, -0.15) is 23.3 Å². The van der Waals surface area contributed by atoms with E-state index in [9.17, 15) is 17.6 Å². The molecule has 0 radical (unpaired) electrons. The minimum Gasteiger partial charge on any atom is -0.381 e. The van der Waals surface area contributed by atoms with Gasteiger partial charge in [0.25, 0.3) is 0 Å². The third kappa shape index (κ3) is 4.84. The number of likely N-dealkylation sites (tertiary alicyclic amines) is 1. The van der Waals surface area contributed by atoms with E-state index in [1.54, 1.807) is 0 Å². The molecule has 0 aromatic heterocycles. The number of benzene rings is 1. The van der Waals surface area contributed by atoms with E-state index in [1.165, 1.54) is 11.8 Å². The van der Waals surface area contributed by atoms with Gasteiger partial charge in [0.15, 0.2) is 0 Å². The first-order valence-electron chi connectivity index (χ1n) is 12.5. The van der Waals surface area contributed by atoms with Gasteiger partial charge < -0.3 is 9.64 Å². The van der Waals surface area contributed by atoms with E-state index >= 15 is 0 Å². The third-order valence-electron chi connectivity index (χ3n) is 8.32. The summed E-state index contributed by atoms with van der Waals surface area (Å²) in [6.07, 6.45) is 1.59. The lowest BCUT2D eigenvalue weighted by Crippen LogP contribution is -2.41. The number of ether oxygens (including phenoxy) is 1. The predicted octanol–water partition coefficient (Wildman–Crippen LogP) is 4.80. The van der Waals surface area contributed by atoms with Crippen LogP contribution in [0.2, 0.25) is 0 Å². The smallest absolute Gasteiger partial charge is 0.381 e. The maximum Gasteiger partial charge on any atom is 0.416 e. The van der Waals surface area contributed by atoms with Crippen molar-refractivity contribution in [3.8, 4) is 0 Å². The Morgan fingerprint density at radius 2 is 1.94 bits per heavy atom. The number of hydrogen-bond donors (Lipinski definition) is 1. The fourth-order valence-corrected chi connectivity index (χ4v) is 6.15. The molecule has 3 heterocycles. The van der Waals surface area contributed by atoms with Crippen LogP contribution in [0.1, 0.15) is 62.5 Å². The lowest BCUT2D eigenvalue weighted by Gasteiger charge is -2.26. The SMILES string of the molecule is CC1C(C2CCOCC2)=NNN1CCCCN1CC[C@@]2(C[C@H]2c2ccc(C(F)(F)F)cc2F)C1. The van der Waals surface area contributed by atoms with Crippen LogP contribution < -0.4 is 5.53 Å². The second-order valence-corrected chi connectivity index (χ2v) is 10.5. The summed E-state index contributed by atoms with van der Waals surface area (Å²) in [5, 5.41) is 6.82. The van der Waals surface area contributed by atoms with Crippen LogP contribution in [0.25, 0.3) is 0 Å². The Balaban J connectivity index is 1.05. The Hall–Kier alpha value is -1.71. The molecular weight excluding hydrogens is 448 g/mol. The molecule has 1 unspecified atom stereocenters. The molecule has 3 atom stereocenters. The normalized spacial score (nSPS) is 30.7. The number of hydrazone groups is 1. The van der Waals surface area contributed by atoms with Crippen LogP contribution in [0.5, 0.6) is 0 Å². The minimum atomic E-state index is -4.51. The van der Waals surface area contributed by atoms with E-state index in [1.807, 2.05) is 0 Å². The summed E-state index contributed by atoms with van der Waals surface area (Å²) in [5.41, 5.74) is 4.03. The van der Waals surface area contributed by atoms with Crippen LogP contribution in [0.3, 0.4) is 0 Å². The van der Waals surface area contributed by atoms with Crippen LogP contribution in [0.15, 0.2) is 23.3 Å². The van der Waals surface area contributed by atoms with E-state index < -0.39 is 17.6 Å². The third-order valence-corrected chi connectivity index (χ3v) is 8.32. The zero-order valence-electron chi connectivity index (χ0n) is 19.7. The number of alkyl halides is 3. The monoisotopic (exact) mass is 482 g/mol. The molecule has 4 aliphatic rings. The number of unbranched alkanes of at least 4 members (excludes halogenated alkanes) is 1. The van der Waals surface area contributed by atoms with Crippen molar-refractivity contribution in [1.29, 1.82) is 0 Å². The van der Waals surface area contributed by atoms with Crippen LogP contribution in [-0.4, -0.2) is 61.1 Å².